The van der Waals surface area contributed by atoms with Crippen LogP contribution in [0.1, 0.15) is 64.2 Å². The summed E-state index contributed by atoms with van der Waals surface area (Å²) >= 11 is 0.0367. The average molecular weight is 358 g/mol. The van der Waals surface area contributed by atoms with Crippen molar-refractivity contribution in [2.75, 3.05) is 0 Å². The molecule has 0 saturated heterocycles. The molecule has 2 fully saturated rings. The van der Waals surface area contributed by atoms with Gasteiger partial charge >= 0.3 is 93.2 Å². The molecule has 2 saturated carbocycles. The van der Waals surface area contributed by atoms with Gasteiger partial charge in [0, 0.05) is 0 Å². The van der Waals surface area contributed by atoms with Gasteiger partial charge in [-0.3, -0.25) is 0 Å². The third-order valence-electron chi connectivity index (χ3n) is 3.68. The van der Waals surface area contributed by atoms with E-state index in [4.69, 9.17) is 0 Å². The summed E-state index contributed by atoms with van der Waals surface area (Å²) in [5.74, 6) is 0. The van der Waals surface area contributed by atoms with Crippen molar-refractivity contribution in [3.05, 3.63) is 0 Å². The average Bonchev–Trinajstić information content (AvgIpc) is 2.21. The van der Waals surface area contributed by atoms with Crippen LogP contribution in [0.4, 0.5) is 0 Å². The van der Waals surface area contributed by atoms with Gasteiger partial charge < -0.3 is 0 Å². The van der Waals surface area contributed by atoms with Crippen molar-refractivity contribution in [3.63, 3.8) is 0 Å². The zero-order valence-corrected chi connectivity index (χ0v) is 14.0. The van der Waals surface area contributed by atoms with Crippen LogP contribution in [-0.4, -0.2) is 21.1 Å². The first kappa shape index (κ1) is 16.4. The maximum absolute atomic E-state index is 1.63. The molecule has 3 heteroatoms. The molecule has 0 aromatic heterocycles. The summed E-state index contributed by atoms with van der Waals surface area (Å²) in [7, 11) is 0. The second-order valence-corrected chi connectivity index (χ2v) is 10.4. The summed E-state index contributed by atoms with van der Waals surface area (Å²) < 4.78 is 2.58. The van der Waals surface area contributed by atoms with Crippen LogP contribution in [0.3, 0.4) is 0 Å². The summed E-state index contributed by atoms with van der Waals surface area (Å²) in [6, 6.07) is 0. The second kappa shape index (κ2) is 9.41. The van der Waals surface area contributed by atoms with Crippen molar-refractivity contribution in [2.45, 2.75) is 72.1 Å². The van der Waals surface area contributed by atoms with E-state index in [1.54, 1.807) is 64.2 Å². The molecule has 0 unspecified atom stereocenters. The minimum Gasteiger partial charge on any atom is -0.147 e. The molecule has 0 atom stereocenters. The van der Waals surface area contributed by atoms with E-state index in [-0.39, 0.29) is 46.0 Å². The van der Waals surface area contributed by atoms with Crippen LogP contribution < -0.4 is 0 Å². The molecule has 0 N–H and O–H groups in total. The van der Waals surface area contributed by atoms with Gasteiger partial charge in [-0.05, 0) is 0 Å². The molecule has 0 spiro atoms. The zero-order chi connectivity index (χ0) is 8.93. The van der Waals surface area contributed by atoms with E-state index in [0.29, 0.717) is 0 Å². The topological polar surface area (TPSA) is 0 Å². The Morgan fingerprint density at radius 2 is 0.867 bits per heavy atom. The second-order valence-electron chi connectivity index (χ2n) is 4.84. The predicted molar refractivity (Wildman–Crippen MR) is 73.9 cm³/mol. The Bertz CT molecular complexity index is 125. The van der Waals surface area contributed by atoms with E-state index in [1.165, 1.54) is 7.87 Å². The third kappa shape index (κ3) is 6.02. The maximum Gasteiger partial charge on any atom is -0.147 e. The Morgan fingerprint density at radius 1 is 0.533 bits per heavy atom. The molecule has 2 rings (SSSR count). The first-order chi connectivity index (χ1) is 6.45. The molecule has 90 valence electrons. The quantitative estimate of drug-likeness (QED) is 0.607. The van der Waals surface area contributed by atoms with Crippen LogP contribution in [0.25, 0.3) is 0 Å². The molecule has 0 aliphatic heterocycles. The number of hydrogen-bond acceptors (Lipinski definition) is 0. The Labute approximate surface area is 117 Å². The minimum absolute atomic E-state index is 0. The van der Waals surface area contributed by atoms with Crippen LogP contribution in [0.5, 0.6) is 0 Å². The number of rotatable bonds is 2. The van der Waals surface area contributed by atoms with Gasteiger partial charge in [0.2, 0.25) is 0 Å². The Kier molecular flexibility index (Phi) is 10.3. The van der Waals surface area contributed by atoms with Crippen molar-refractivity contribution in [1.29, 1.82) is 0 Å². The predicted octanol–water partition coefficient (Wildman–Crippen LogP) is 5.04. The van der Waals surface area contributed by atoms with E-state index >= 15 is 0 Å². The maximum atomic E-state index is 1.63. The minimum atomic E-state index is 0. The SMILES string of the molecule is C1CC[CH]([Sn][CH]2CCCCC2)CC1.Cl.Cl. The van der Waals surface area contributed by atoms with Gasteiger partial charge in [-0.25, -0.2) is 0 Å². The molecule has 15 heavy (non-hydrogen) atoms. The number of hydrogen-bond donors (Lipinski definition) is 0. The molecule has 0 amide bonds. The van der Waals surface area contributed by atoms with Crippen molar-refractivity contribution < 1.29 is 0 Å². The van der Waals surface area contributed by atoms with E-state index < -0.39 is 0 Å². The molecule has 2 radical (unpaired) electrons. The van der Waals surface area contributed by atoms with Crippen LogP contribution in [-0.2, 0) is 0 Å². The molecular formula is C12H24Cl2Sn. The van der Waals surface area contributed by atoms with Gasteiger partial charge in [0.1, 0.15) is 0 Å². The van der Waals surface area contributed by atoms with Gasteiger partial charge in [-0.1, -0.05) is 0 Å². The normalized spacial score (nSPS) is 24.0. The molecule has 2 aliphatic carbocycles. The summed E-state index contributed by atoms with van der Waals surface area (Å²) in [5, 5.41) is 0. The van der Waals surface area contributed by atoms with E-state index in [0.717, 1.165) is 0 Å². The van der Waals surface area contributed by atoms with Crippen LogP contribution in [0.15, 0.2) is 0 Å². The van der Waals surface area contributed by atoms with Gasteiger partial charge in [-0.2, -0.15) is 0 Å². The van der Waals surface area contributed by atoms with Crippen molar-refractivity contribution >= 4 is 46.0 Å². The Morgan fingerprint density at radius 3 is 1.20 bits per heavy atom. The summed E-state index contributed by atoms with van der Waals surface area (Å²) in [6.07, 6.45) is 15.9. The molecule has 0 nitrogen and oxygen atoms in total. The van der Waals surface area contributed by atoms with Gasteiger partial charge in [0.15, 0.2) is 0 Å². The van der Waals surface area contributed by atoms with Gasteiger partial charge in [0.25, 0.3) is 0 Å². The third-order valence-corrected chi connectivity index (χ3v) is 9.67. The monoisotopic (exact) mass is 358 g/mol. The van der Waals surface area contributed by atoms with Gasteiger partial charge in [-0.15, -0.1) is 24.8 Å². The van der Waals surface area contributed by atoms with Crippen molar-refractivity contribution in [1.82, 2.24) is 0 Å². The first-order valence-electron chi connectivity index (χ1n) is 6.21. The van der Waals surface area contributed by atoms with Gasteiger partial charge in [0.05, 0.1) is 0 Å². The molecule has 2 aliphatic rings. The zero-order valence-electron chi connectivity index (χ0n) is 9.54. The molecule has 0 heterocycles. The summed E-state index contributed by atoms with van der Waals surface area (Å²) in [5.41, 5.74) is 0. The summed E-state index contributed by atoms with van der Waals surface area (Å²) in [6.45, 7) is 0. The van der Waals surface area contributed by atoms with Crippen LogP contribution in [0, 0.1) is 0 Å². The molecule has 0 aromatic carbocycles. The Hall–Kier alpha value is 1.38. The van der Waals surface area contributed by atoms with Crippen LogP contribution >= 0.6 is 24.8 Å². The largest absolute Gasteiger partial charge is 0.147 e. The summed E-state index contributed by atoms with van der Waals surface area (Å²) in [4.78, 5) is 0. The van der Waals surface area contributed by atoms with Crippen molar-refractivity contribution in [2.24, 2.45) is 0 Å². The van der Waals surface area contributed by atoms with Crippen LogP contribution in [0.2, 0.25) is 7.87 Å². The van der Waals surface area contributed by atoms with E-state index in [2.05, 4.69) is 0 Å². The van der Waals surface area contributed by atoms with Crippen molar-refractivity contribution in [3.8, 4) is 0 Å². The first-order valence-corrected chi connectivity index (χ1v) is 9.51. The molecule has 0 bridgehead atoms. The van der Waals surface area contributed by atoms with E-state index in [1.807, 2.05) is 0 Å². The Balaban J connectivity index is 0.000000980. The fourth-order valence-electron chi connectivity index (χ4n) is 2.87. The fourth-order valence-corrected chi connectivity index (χ4v) is 9.01. The molecular weight excluding hydrogens is 334 g/mol. The smallest absolute Gasteiger partial charge is 0.147 e. The fraction of sp³-hybridized carbons (Fsp3) is 1.00. The van der Waals surface area contributed by atoms with E-state index in [9.17, 15) is 0 Å². The number of halogens is 2. The molecule has 0 aromatic rings. The standard InChI is InChI=1S/2C6H11.2ClH.Sn/c2*1-2-4-6-5-3-1;;;/h2*1H,2-6H2;2*1H;.